The van der Waals surface area contributed by atoms with Crippen molar-refractivity contribution in [3.8, 4) is 0 Å². The van der Waals surface area contributed by atoms with Crippen molar-refractivity contribution in [1.29, 1.82) is 0 Å². The summed E-state index contributed by atoms with van der Waals surface area (Å²) in [5, 5.41) is 11.9. The summed E-state index contributed by atoms with van der Waals surface area (Å²) in [5.41, 5.74) is 4.79. The number of rotatable bonds is 10. The minimum absolute atomic E-state index is 0.0165. The predicted molar refractivity (Wildman–Crippen MR) is 86.5 cm³/mol. The number of carbonyl (C=O) groups is 1. The number of oxime groups is 1. The zero-order valence-corrected chi connectivity index (χ0v) is 14.2. The van der Waals surface area contributed by atoms with E-state index < -0.39 is 5.41 Å². The molecule has 3 N–H and O–H groups in total. The molecule has 0 saturated carbocycles. The summed E-state index contributed by atoms with van der Waals surface area (Å²) in [7, 11) is 0. The molecule has 0 heterocycles. The average Bonchev–Trinajstić information content (AvgIpc) is 2.52. The molecule has 0 aromatic rings. The number of nitrogens with zero attached hydrogens (tertiary/aromatic N) is 3. The molecule has 124 valence electrons. The first-order valence-electron chi connectivity index (χ1n) is 7.90. The minimum atomic E-state index is -0.931. The zero-order chi connectivity index (χ0) is 16.5. The van der Waals surface area contributed by atoms with Gasteiger partial charge in [0.1, 0.15) is 5.41 Å². The SMILES string of the molecule is CCN(CC)CCCN(CC)C(=O)C(C)(CC)C(N)=NO. The number of hydrogen-bond acceptors (Lipinski definition) is 4. The summed E-state index contributed by atoms with van der Waals surface area (Å²) >= 11 is 0. The van der Waals surface area contributed by atoms with Gasteiger partial charge in [-0.2, -0.15) is 0 Å². The van der Waals surface area contributed by atoms with E-state index >= 15 is 0 Å². The summed E-state index contributed by atoms with van der Waals surface area (Å²) in [6.45, 7) is 14.2. The highest BCUT2D eigenvalue weighted by Crippen LogP contribution is 2.24. The Morgan fingerprint density at radius 2 is 1.71 bits per heavy atom. The van der Waals surface area contributed by atoms with Crippen LogP contribution in [0.4, 0.5) is 0 Å². The average molecular weight is 300 g/mol. The van der Waals surface area contributed by atoms with Crippen molar-refractivity contribution in [1.82, 2.24) is 9.80 Å². The molecular weight excluding hydrogens is 268 g/mol. The van der Waals surface area contributed by atoms with Gasteiger partial charge in [-0.05, 0) is 46.3 Å². The Balaban J connectivity index is 4.75. The Kier molecular flexibility index (Phi) is 9.01. The van der Waals surface area contributed by atoms with Crippen molar-refractivity contribution in [2.24, 2.45) is 16.3 Å². The van der Waals surface area contributed by atoms with Gasteiger partial charge in [-0.15, -0.1) is 0 Å². The summed E-state index contributed by atoms with van der Waals surface area (Å²) in [6.07, 6.45) is 1.44. The van der Waals surface area contributed by atoms with Gasteiger partial charge in [0.15, 0.2) is 5.84 Å². The molecular formula is C15H32N4O2. The first kappa shape index (κ1) is 19.7. The van der Waals surface area contributed by atoms with Crippen molar-refractivity contribution in [2.45, 2.75) is 47.5 Å². The molecule has 21 heavy (non-hydrogen) atoms. The number of amidine groups is 1. The van der Waals surface area contributed by atoms with Gasteiger partial charge in [0.2, 0.25) is 5.91 Å². The van der Waals surface area contributed by atoms with E-state index in [9.17, 15) is 4.79 Å². The van der Waals surface area contributed by atoms with E-state index in [1.165, 1.54) is 0 Å². The van der Waals surface area contributed by atoms with Gasteiger partial charge in [-0.3, -0.25) is 4.79 Å². The third-order valence-electron chi connectivity index (χ3n) is 4.32. The predicted octanol–water partition coefficient (Wildman–Crippen LogP) is 1.73. The fourth-order valence-corrected chi connectivity index (χ4v) is 2.33. The molecule has 0 aliphatic rings. The molecule has 0 saturated heterocycles. The minimum Gasteiger partial charge on any atom is -0.409 e. The number of carbonyl (C=O) groups excluding carboxylic acids is 1. The molecule has 0 aliphatic carbocycles. The maximum atomic E-state index is 12.7. The summed E-state index contributed by atoms with van der Waals surface area (Å²) in [6, 6.07) is 0. The van der Waals surface area contributed by atoms with Gasteiger partial charge < -0.3 is 20.7 Å². The number of amides is 1. The fraction of sp³-hybridized carbons (Fsp3) is 0.867. The molecule has 1 unspecified atom stereocenters. The van der Waals surface area contributed by atoms with Crippen molar-refractivity contribution < 1.29 is 10.0 Å². The van der Waals surface area contributed by atoms with E-state index in [1.807, 2.05) is 13.8 Å². The van der Waals surface area contributed by atoms with Crippen LogP contribution in [0.5, 0.6) is 0 Å². The molecule has 0 aromatic carbocycles. The van der Waals surface area contributed by atoms with Crippen LogP contribution in [0.15, 0.2) is 5.16 Å². The molecule has 1 atom stereocenters. The molecule has 0 aliphatic heterocycles. The normalized spacial score (nSPS) is 15.0. The quantitative estimate of drug-likeness (QED) is 0.279. The van der Waals surface area contributed by atoms with E-state index in [2.05, 4.69) is 23.9 Å². The highest BCUT2D eigenvalue weighted by atomic mass is 16.4. The van der Waals surface area contributed by atoms with Gasteiger partial charge >= 0.3 is 0 Å². The maximum Gasteiger partial charge on any atom is 0.236 e. The smallest absolute Gasteiger partial charge is 0.236 e. The van der Waals surface area contributed by atoms with Gasteiger partial charge in [0.05, 0.1) is 0 Å². The van der Waals surface area contributed by atoms with E-state index in [4.69, 9.17) is 10.9 Å². The van der Waals surface area contributed by atoms with E-state index in [0.29, 0.717) is 19.5 Å². The van der Waals surface area contributed by atoms with E-state index in [-0.39, 0.29) is 11.7 Å². The summed E-state index contributed by atoms with van der Waals surface area (Å²) in [5.74, 6) is -0.0838. The van der Waals surface area contributed by atoms with Crippen molar-refractivity contribution in [3.63, 3.8) is 0 Å². The highest BCUT2D eigenvalue weighted by Gasteiger charge is 2.38. The van der Waals surface area contributed by atoms with Gasteiger partial charge in [0.25, 0.3) is 0 Å². The largest absolute Gasteiger partial charge is 0.409 e. The molecule has 1 amide bonds. The van der Waals surface area contributed by atoms with Crippen molar-refractivity contribution in [3.05, 3.63) is 0 Å². The van der Waals surface area contributed by atoms with Gasteiger partial charge in [0, 0.05) is 13.1 Å². The first-order chi connectivity index (χ1) is 9.90. The third kappa shape index (κ3) is 5.19. The lowest BCUT2D eigenvalue weighted by Gasteiger charge is -2.32. The Hall–Kier alpha value is -1.30. The standard InChI is InChI=1S/C15H32N4O2/c1-6-15(5,13(16)17-21)14(20)19(9-4)12-10-11-18(7-2)8-3/h21H,6-12H2,1-5H3,(H2,16,17). The van der Waals surface area contributed by atoms with Crippen LogP contribution >= 0.6 is 0 Å². The van der Waals surface area contributed by atoms with Crippen molar-refractivity contribution in [2.75, 3.05) is 32.7 Å². The second-order valence-electron chi connectivity index (χ2n) is 5.44. The molecule has 6 heteroatoms. The molecule has 0 bridgehead atoms. The molecule has 0 spiro atoms. The van der Waals surface area contributed by atoms with Crippen LogP contribution in [-0.2, 0) is 4.79 Å². The lowest BCUT2D eigenvalue weighted by molar-refractivity contribution is -0.137. The summed E-state index contributed by atoms with van der Waals surface area (Å²) < 4.78 is 0. The second-order valence-corrected chi connectivity index (χ2v) is 5.44. The zero-order valence-electron chi connectivity index (χ0n) is 14.2. The maximum absolute atomic E-state index is 12.7. The molecule has 0 radical (unpaired) electrons. The van der Waals surface area contributed by atoms with Crippen LogP contribution in [0, 0.1) is 5.41 Å². The molecule has 6 nitrogen and oxygen atoms in total. The van der Waals surface area contributed by atoms with Crippen LogP contribution in [0.2, 0.25) is 0 Å². The second kappa shape index (κ2) is 9.60. The van der Waals surface area contributed by atoms with Crippen molar-refractivity contribution >= 4 is 11.7 Å². The molecule has 0 rings (SSSR count). The van der Waals surface area contributed by atoms with Crippen LogP contribution < -0.4 is 5.73 Å². The Labute approximate surface area is 129 Å². The van der Waals surface area contributed by atoms with Crippen LogP contribution in [0.3, 0.4) is 0 Å². The number of hydrogen-bond donors (Lipinski definition) is 2. The highest BCUT2D eigenvalue weighted by molar-refractivity contribution is 6.06. The summed E-state index contributed by atoms with van der Waals surface area (Å²) in [4.78, 5) is 16.8. The Morgan fingerprint density at radius 1 is 1.14 bits per heavy atom. The van der Waals surface area contributed by atoms with Gasteiger partial charge in [-0.25, -0.2) is 0 Å². The van der Waals surface area contributed by atoms with E-state index in [1.54, 1.807) is 11.8 Å². The van der Waals surface area contributed by atoms with E-state index in [0.717, 1.165) is 26.1 Å². The Bertz CT molecular complexity index is 343. The first-order valence-corrected chi connectivity index (χ1v) is 7.90. The molecule has 0 aromatic heterocycles. The Morgan fingerprint density at radius 3 is 2.10 bits per heavy atom. The monoisotopic (exact) mass is 300 g/mol. The van der Waals surface area contributed by atoms with Crippen LogP contribution in [0.25, 0.3) is 0 Å². The fourth-order valence-electron chi connectivity index (χ4n) is 2.33. The van der Waals surface area contributed by atoms with Gasteiger partial charge in [-0.1, -0.05) is 25.9 Å². The third-order valence-corrected chi connectivity index (χ3v) is 4.32. The van der Waals surface area contributed by atoms with Crippen LogP contribution in [-0.4, -0.2) is 59.5 Å². The molecule has 0 fully saturated rings. The lowest BCUT2D eigenvalue weighted by atomic mass is 9.84. The lowest BCUT2D eigenvalue weighted by Crippen LogP contribution is -2.50. The van der Waals surface area contributed by atoms with Crippen LogP contribution in [0.1, 0.15) is 47.5 Å². The number of nitrogens with two attached hydrogens (primary N) is 1. The topological polar surface area (TPSA) is 82.2 Å².